The summed E-state index contributed by atoms with van der Waals surface area (Å²) in [7, 11) is 0. The fourth-order valence-electron chi connectivity index (χ4n) is 4.77. The fourth-order valence-corrected chi connectivity index (χ4v) is 4.77. The molecule has 1 aliphatic rings. The van der Waals surface area contributed by atoms with Gasteiger partial charge in [0.2, 0.25) is 5.91 Å². The highest BCUT2D eigenvalue weighted by molar-refractivity contribution is 5.92. The molecule has 0 aliphatic carbocycles. The Balaban J connectivity index is 1.27. The molecule has 1 amide bonds. The molecular formula is C31H28N6O. The van der Waals surface area contributed by atoms with Crippen molar-refractivity contribution in [1.82, 2.24) is 24.6 Å². The molecule has 6 rings (SSSR count). The summed E-state index contributed by atoms with van der Waals surface area (Å²) in [5, 5.41) is 5.59. The van der Waals surface area contributed by atoms with Crippen molar-refractivity contribution in [1.29, 1.82) is 0 Å². The molecule has 0 bridgehead atoms. The lowest BCUT2D eigenvalue weighted by Crippen LogP contribution is -2.48. The van der Waals surface area contributed by atoms with Crippen LogP contribution < -0.4 is 4.90 Å². The molecule has 7 nitrogen and oxygen atoms in total. The molecule has 0 N–H and O–H groups in total. The summed E-state index contributed by atoms with van der Waals surface area (Å²) < 4.78 is 1.88. The maximum Gasteiger partial charge on any atom is 0.246 e. The van der Waals surface area contributed by atoms with Crippen LogP contribution in [0.15, 0.2) is 103 Å². The largest absolute Gasteiger partial charge is 0.352 e. The van der Waals surface area contributed by atoms with Crippen LogP contribution >= 0.6 is 0 Å². The predicted octanol–water partition coefficient (Wildman–Crippen LogP) is 4.77. The number of carbonyl (C=O) groups excluding carboxylic acids is 1. The monoisotopic (exact) mass is 500 g/mol. The molecule has 1 saturated heterocycles. The third-order valence-electron chi connectivity index (χ3n) is 6.77. The number of para-hydroxylation sites is 1. The van der Waals surface area contributed by atoms with E-state index in [1.807, 2.05) is 101 Å². The van der Waals surface area contributed by atoms with Gasteiger partial charge in [0.15, 0.2) is 5.65 Å². The van der Waals surface area contributed by atoms with Crippen LogP contribution in [0.5, 0.6) is 0 Å². The summed E-state index contributed by atoms with van der Waals surface area (Å²) in [5.74, 6) is 1.65. The van der Waals surface area contributed by atoms with E-state index in [9.17, 15) is 4.79 Å². The molecule has 0 unspecified atom stereocenters. The Morgan fingerprint density at radius 2 is 1.45 bits per heavy atom. The number of rotatable bonds is 6. The van der Waals surface area contributed by atoms with Crippen LogP contribution in [0.25, 0.3) is 22.8 Å². The minimum absolute atomic E-state index is 0.0306. The molecule has 3 aromatic carbocycles. The summed E-state index contributed by atoms with van der Waals surface area (Å²) in [6.07, 6.45) is 6.02. The first-order chi connectivity index (χ1) is 18.7. The number of fused-ring (bicyclic) bond motifs is 1. The van der Waals surface area contributed by atoms with E-state index >= 15 is 0 Å². The molecule has 1 fully saturated rings. The lowest BCUT2D eigenvalue weighted by molar-refractivity contribution is -0.126. The Kier molecular flexibility index (Phi) is 6.64. The number of hydrogen-bond acceptors (Lipinski definition) is 5. The highest BCUT2D eigenvalue weighted by atomic mass is 16.2. The number of anilines is 1. The second-order valence-electron chi connectivity index (χ2n) is 9.31. The van der Waals surface area contributed by atoms with Gasteiger partial charge in [0.1, 0.15) is 11.6 Å². The van der Waals surface area contributed by atoms with E-state index in [1.54, 1.807) is 6.08 Å². The smallest absolute Gasteiger partial charge is 0.246 e. The van der Waals surface area contributed by atoms with Crippen molar-refractivity contribution in [3.05, 3.63) is 120 Å². The van der Waals surface area contributed by atoms with E-state index in [4.69, 9.17) is 9.97 Å². The zero-order chi connectivity index (χ0) is 25.7. The van der Waals surface area contributed by atoms with Gasteiger partial charge in [-0.1, -0.05) is 78.9 Å². The molecule has 3 heterocycles. The second kappa shape index (κ2) is 10.7. The van der Waals surface area contributed by atoms with Crippen molar-refractivity contribution < 1.29 is 4.79 Å². The van der Waals surface area contributed by atoms with Crippen LogP contribution in [0.2, 0.25) is 0 Å². The summed E-state index contributed by atoms with van der Waals surface area (Å²) in [4.78, 5) is 26.9. The van der Waals surface area contributed by atoms with E-state index < -0.39 is 0 Å². The quantitative estimate of drug-likeness (QED) is 0.314. The maximum atomic E-state index is 12.8. The minimum atomic E-state index is 0.0306. The van der Waals surface area contributed by atoms with Gasteiger partial charge in [-0.3, -0.25) is 4.79 Å². The first-order valence-electron chi connectivity index (χ1n) is 12.9. The average Bonchev–Trinajstić information content (AvgIpc) is 3.41. The molecule has 1 aliphatic heterocycles. The van der Waals surface area contributed by atoms with E-state index in [0.29, 0.717) is 32.6 Å². The van der Waals surface area contributed by atoms with Gasteiger partial charge < -0.3 is 9.80 Å². The van der Waals surface area contributed by atoms with Crippen LogP contribution in [0.1, 0.15) is 17.0 Å². The van der Waals surface area contributed by atoms with Gasteiger partial charge in [0.25, 0.3) is 0 Å². The molecule has 38 heavy (non-hydrogen) atoms. The standard InChI is InChI=1S/C31H28N6O/c38-29(17-16-24-10-4-1-5-11-24)35-18-20-36(21-19-35)30-27-23-32-37(26-14-8-3-9-15-26)31(27)34-28(33-30)22-25-12-6-2-7-13-25/h1-17,23H,18-22H2/b17-16+. The van der Waals surface area contributed by atoms with Gasteiger partial charge in [-0.15, -0.1) is 0 Å². The zero-order valence-electron chi connectivity index (χ0n) is 21.0. The Morgan fingerprint density at radius 1 is 0.789 bits per heavy atom. The third-order valence-corrected chi connectivity index (χ3v) is 6.77. The lowest BCUT2D eigenvalue weighted by atomic mass is 10.1. The first-order valence-corrected chi connectivity index (χ1v) is 12.9. The van der Waals surface area contributed by atoms with E-state index in [0.717, 1.165) is 39.5 Å². The van der Waals surface area contributed by atoms with Gasteiger partial charge in [-0.2, -0.15) is 5.10 Å². The predicted molar refractivity (Wildman–Crippen MR) is 150 cm³/mol. The van der Waals surface area contributed by atoms with Crippen molar-refractivity contribution in [3.8, 4) is 5.69 Å². The highest BCUT2D eigenvalue weighted by Crippen LogP contribution is 2.27. The molecule has 188 valence electrons. The number of amides is 1. The fraction of sp³-hybridized carbons (Fsp3) is 0.161. The van der Waals surface area contributed by atoms with Gasteiger partial charge in [-0.05, 0) is 29.3 Å². The van der Waals surface area contributed by atoms with Crippen molar-refractivity contribution >= 4 is 28.8 Å². The van der Waals surface area contributed by atoms with E-state index in [-0.39, 0.29) is 5.91 Å². The molecule has 0 saturated carbocycles. The normalized spacial score (nSPS) is 13.9. The third kappa shape index (κ3) is 5.04. The number of benzene rings is 3. The Labute approximate surface area is 221 Å². The number of piperazine rings is 1. The number of aromatic nitrogens is 4. The maximum absolute atomic E-state index is 12.8. The van der Waals surface area contributed by atoms with Crippen molar-refractivity contribution in [2.24, 2.45) is 0 Å². The molecule has 0 radical (unpaired) electrons. The molecule has 7 heteroatoms. The van der Waals surface area contributed by atoms with E-state index in [1.165, 1.54) is 0 Å². The van der Waals surface area contributed by atoms with Crippen molar-refractivity contribution in [2.45, 2.75) is 6.42 Å². The Morgan fingerprint density at radius 3 is 2.16 bits per heavy atom. The van der Waals surface area contributed by atoms with Crippen molar-refractivity contribution in [2.75, 3.05) is 31.1 Å². The second-order valence-corrected chi connectivity index (χ2v) is 9.31. The highest BCUT2D eigenvalue weighted by Gasteiger charge is 2.24. The molecule has 0 atom stereocenters. The van der Waals surface area contributed by atoms with Crippen LogP contribution in [-0.2, 0) is 11.2 Å². The zero-order valence-corrected chi connectivity index (χ0v) is 21.0. The minimum Gasteiger partial charge on any atom is -0.352 e. The Hall–Kier alpha value is -4.78. The van der Waals surface area contributed by atoms with Crippen LogP contribution in [0.3, 0.4) is 0 Å². The SMILES string of the molecule is O=C(/C=C/c1ccccc1)N1CCN(c2nc(Cc3ccccc3)nc3c2cnn3-c2ccccc2)CC1. The number of nitrogens with zero attached hydrogens (tertiary/aromatic N) is 6. The van der Waals surface area contributed by atoms with Gasteiger partial charge in [0, 0.05) is 38.7 Å². The van der Waals surface area contributed by atoms with Gasteiger partial charge >= 0.3 is 0 Å². The summed E-state index contributed by atoms with van der Waals surface area (Å²) >= 11 is 0. The molecule has 0 spiro atoms. The molecular weight excluding hydrogens is 472 g/mol. The first kappa shape index (κ1) is 23.6. The molecule has 2 aromatic heterocycles. The lowest BCUT2D eigenvalue weighted by Gasteiger charge is -2.35. The summed E-state index contributed by atoms with van der Waals surface area (Å²) in [6, 6.07) is 30.2. The number of carbonyl (C=O) groups is 1. The van der Waals surface area contributed by atoms with E-state index in [2.05, 4.69) is 22.1 Å². The summed E-state index contributed by atoms with van der Waals surface area (Å²) in [6.45, 7) is 2.64. The number of hydrogen-bond donors (Lipinski definition) is 0. The van der Waals surface area contributed by atoms with Crippen molar-refractivity contribution in [3.63, 3.8) is 0 Å². The molecule has 5 aromatic rings. The van der Waals surface area contributed by atoms with Crippen LogP contribution in [-0.4, -0.2) is 56.7 Å². The average molecular weight is 501 g/mol. The Bertz CT molecular complexity index is 1560. The van der Waals surface area contributed by atoms with Gasteiger partial charge in [-0.25, -0.2) is 14.6 Å². The van der Waals surface area contributed by atoms with Crippen LogP contribution in [0, 0.1) is 0 Å². The van der Waals surface area contributed by atoms with Gasteiger partial charge in [0.05, 0.1) is 17.3 Å². The van der Waals surface area contributed by atoms with Crippen LogP contribution in [0.4, 0.5) is 5.82 Å². The summed E-state index contributed by atoms with van der Waals surface area (Å²) in [5.41, 5.74) is 3.92. The topological polar surface area (TPSA) is 67.2 Å².